The summed E-state index contributed by atoms with van der Waals surface area (Å²) >= 11 is 0. The van der Waals surface area contributed by atoms with Crippen LogP contribution in [0, 0.1) is 0 Å². The Labute approximate surface area is 190 Å². The molecule has 4 aromatic rings. The van der Waals surface area contributed by atoms with Crippen LogP contribution in [0.4, 0.5) is 0 Å². The molecule has 0 amide bonds. The zero-order valence-corrected chi connectivity index (χ0v) is 18.3. The first-order valence-electron chi connectivity index (χ1n) is 11.6. The molecule has 32 heavy (non-hydrogen) atoms. The first-order valence-corrected chi connectivity index (χ1v) is 11.6. The molecule has 0 spiro atoms. The predicted molar refractivity (Wildman–Crippen MR) is 130 cm³/mol. The highest BCUT2D eigenvalue weighted by Gasteiger charge is 2.38. The summed E-state index contributed by atoms with van der Waals surface area (Å²) in [6, 6.07) is 40.7. The molecule has 2 heterocycles. The van der Waals surface area contributed by atoms with Gasteiger partial charge < -0.3 is 0 Å². The van der Waals surface area contributed by atoms with Gasteiger partial charge >= 0.3 is 0 Å². The van der Waals surface area contributed by atoms with Gasteiger partial charge in [-0.25, -0.2) is 0 Å². The van der Waals surface area contributed by atoms with Crippen LogP contribution < -0.4 is 0 Å². The van der Waals surface area contributed by atoms with Crippen LogP contribution in [0.2, 0.25) is 0 Å². The molecule has 2 aliphatic heterocycles. The van der Waals surface area contributed by atoms with Crippen LogP contribution in [-0.4, -0.2) is 9.80 Å². The largest absolute Gasteiger partial charge is 0.286 e. The highest BCUT2D eigenvalue weighted by atomic mass is 15.3. The van der Waals surface area contributed by atoms with Crippen molar-refractivity contribution < 1.29 is 0 Å². The smallest absolute Gasteiger partial charge is 0.0552 e. The normalized spacial score (nSPS) is 17.6. The molecule has 0 saturated heterocycles. The summed E-state index contributed by atoms with van der Waals surface area (Å²) in [7, 11) is 0. The van der Waals surface area contributed by atoms with Crippen LogP contribution in [0.1, 0.15) is 45.5 Å². The zero-order chi connectivity index (χ0) is 21.3. The molecule has 0 bridgehead atoms. The summed E-state index contributed by atoms with van der Waals surface area (Å²) in [5.74, 6) is 0. The number of fused-ring (bicyclic) bond motifs is 2. The lowest BCUT2D eigenvalue weighted by molar-refractivity contribution is 0.0709. The van der Waals surface area contributed by atoms with E-state index in [0.717, 1.165) is 26.2 Å². The van der Waals surface area contributed by atoms with Crippen molar-refractivity contribution >= 4 is 0 Å². The maximum Gasteiger partial charge on any atom is 0.0552 e. The molecule has 0 saturated carbocycles. The lowest BCUT2D eigenvalue weighted by atomic mass is 9.90. The van der Waals surface area contributed by atoms with Gasteiger partial charge in [-0.1, -0.05) is 109 Å². The van der Waals surface area contributed by atoms with Crippen molar-refractivity contribution in [2.45, 2.75) is 38.3 Å². The molecular weight excluding hydrogens is 388 g/mol. The summed E-state index contributed by atoms with van der Waals surface area (Å²) in [4.78, 5) is 5.36. The van der Waals surface area contributed by atoms with E-state index in [0.29, 0.717) is 0 Å². The number of hydrogen-bond acceptors (Lipinski definition) is 2. The summed E-state index contributed by atoms with van der Waals surface area (Å²) in [6.07, 6.45) is 0. The van der Waals surface area contributed by atoms with Crippen LogP contribution in [0.15, 0.2) is 109 Å². The molecule has 2 nitrogen and oxygen atoms in total. The van der Waals surface area contributed by atoms with Gasteiger partial charge in [0.25, 0.3) is 0 Å². The Morgan fingerprint density at radius 1 is 0.375 bits per heavy atom. The Morgan fingerprint density at radius 3 is 0.969 bits per heavy atom. The van der Waals surface area contributed by atoms with E-state index in [1.165, 1.54) is 33.4 Å². The van der Waals surface area contributed by atoms with Crippen LogP contribution >= 0.6 is 0 Å². The van der Waals surface area contributed by atoms with E-state index in [-0.39, 0.29) is 12.1 Å². The van der Waals surface area contributed by atoms with E-state index in [4.69, 9.17) is 0 Å². The maximum absolute atomic E-state index is 2.68. The number of nitrogens with zero attached hydrogens (tertiary/aromatic N) is 2. The molecular formula is C30H28N2. The second-order valence-corrected chi connectivity index (χ2v) is 9.06. The van der Waals surface area contributed by atoms with E-state index in [1.807, 2.05) is 0 Å². The van der Waals surface area contributed by atoms with Crippen LogP contribution in [-0.2, 0) is 26.2 Å². The van der Waals surface area contributed by atoms with Crippen molar-refractivity contribution in [1.29, 1.82) is 0 Å². The third-order valence-corrected chi connectivity index (χ3v) is 7.10. The van der Waals surface area contributed by atoms with Crippen LogP contribution in [0.3, 0.4) is 0 Å². The van der Waals surface area contributed by atoms with Crippen LogP contribution in [0.5, 0.6) is 0 Å². The third kappa shape index (κ3) is 3.56. The highest BCUT2D eigenvalue weighted by molar-refractivity contribution is 5.36. The number of benzene rings is 4. The standard InChI is InChI=1S/C30H28N2/c1-3-11-23(12-4-1)29(31-19-25-15-7-8-16-26(25)20-31)30(24-13-5-2-6-14-24)32-21-27-17-9-10-18-28(27)22-32/h1-18,29-30H,19-22H2. The third-order valence-electron chi connectivity index (χ3n) is 7.10. The topological polar surface area (TPSA) is 6.48 Å². The first-order chi connectivity index (χ1) is 15.9. The first kappa shape index (κ1) is 19.5. The summed E-state index contributed by atoms with van der Waals surface area (Å²) in [5.41, 5.74) is 8.64. The molecule has 2 aliphatic rings. The fourth-order valence-corrected chi connectivity index (χ4v) is 5.60. The fraction of sp³-hybridized carbons (Fsp3) is 0.200. The lowest BCUT2D eigenvalue weighted by Crippen LogP contribution is -2.37. The highest BCUT2D eigenvalue weighted by Crippen LogP contribution is 2.45. The van der Waals surface area contributed by atoms with Gasteiger partial charge in [-0.15, -0.1) is 0 Å². The SMILES string of the molecule is c1ccc(C(C(c2ccccc2)N2Cc3ccccc3C2)N2Cc3ccccc3C2)cc1. The minimum atomic E-state index is 0.278. The van der Waals surface area contributed by atoms with Crippen molar-refractivity contribution in [3.63, 3.8) is 0 Å². The molecule has 6 rings (SSSR count). The van der Waals surface area contributed by atoms with Crippen molar-refractivity contribution in [2.24, 2.45) is 0 Å². The minimum Gasteiger partial charge on any atom is -0.286 e. The van der Waals surface area contributed by atoms with Gasteiger partial charge in [-0.3, -0.25) is 9.80 Å². The van der Waals surface area contributed by atoms with E-state index >= 15 is 0 Å². The van der Waals surface area contributed by atoms with Crippen molar-refractivity contribution in [3.05, 3.63) is 143 Å². The van der Waals surface area contributed by atoms with Crippen LogP contribution in [0.25, 0.3) is 0 Å². The molecule has 0 N–H and O–H groups in total. The molecule has 2 atom stereocenters. The molecule has 0 aliphatic carbocycles. The van der Waals surface area contributed by atoms with E-state index in [2.05, 4.69) is 119 Å². The second-order valence-electron chi connectivity index (χ2n) is 9.06. The van der Waals surface area contributed by atoms with Gasteiger partial charge in [0.2, 0.25) is 0 Å². The van der Waals surface area contributed by atoms with Gasteiger partial charge in [-0.2, -0.15) is 0 Å². The summed E-state index contributed by atoms with van der Waals surface area (Å²) in [6.45, 7) is 4.00. The maximum atomic E-state index is 2.68. The van der Waals surface area contributed by atoms with Crippen molar-refractivity contribution in [3.8, 4) is 0 Å². The van der Waals surface area contributed by atoms with Crippen molar-refractivity contribution in [2.75, 3.05) is 0 Å². The Morgan fingerprint density at radius 2 is 0.656 bits per heavy atom. The quantitative estimate of drug-likeness (QED) is 0.366. The molecule has 2 unspecified atom stereocenters. The Balaban J connectivity index is 1.45. The monoisotopic (exact) mass is 416 g/mol. The van der Waals surface area contributed by atoms with Gasteiger partial charge in [0.15, 0.2) is 0 Å². The zero-order valence-electron chi connectivity index (χ0n) is 18.3. The van der Waals surface area contributed by atoms with E-state index < -0.39 is 0 Å². The lowest BCUT2D eigenvalue weighted by Gasteiger charge is -2.40. The Hall–Kier alpha value is -3.20. The van der Waals surface area contributed by atoms with E-state index in [1.54, 1.807) is 0 Å². The molecule has 4 aromatic carbocycles. The summed E-state index contributed by atoms with van der Waals surface area (Å²) in [5, 5.41) is 0. The molecule has 158 valence electrons. The average molecular weight is 417 g/mol. The Kier molecular flexibility index (Phi) is 5.10. The van der Waals surface area contributed by atoms with E-state index in [9.17, 15) is 0 Å². The predicted octanol–water partition coefficient (Wildman–Crippen LogP) is 6.50. The molecule has 0 radical (unpaired) electrons. The van der Waals surface area contributed by atoms with Gasteiger partial charge in [0.05, 0.1) is 12.1 Å². The van der Waals surface area contributed by atoms with Gasteiger partial charge in [0.1, 0.15) is 0 Å². The fourth-order valence-electron chi connectivity index (χ4n) is 5.60. The van der Waals surface area contributed by atoms with Gasteiger partial charge in [0, 0.05) is 26.2 Å². The molecule has 2 heteroatoms. The second kappa shape index (κ2) is 8.38. The summed E-state index contributed by atoms with van der Waals surface area (Å²) < 4.78 is 0. The minimum absolute atomic E-state index is 0.278. The van der Waals surface area contributed by atoms with Crippen molar-refractivity contribution in [1.82, 2.24) is 9.80 Å². The molecule has 0 aromatic heterocycles. The average Bonchev–Trinajstić information content (AvgIpc) is 3.47. The Bertz CT molecular complexity index is 1050. The number of rotatable bonds is 5. The molecule has 0 fully saturated rings. The van der Waals surface area contributed by atoms with Gasteiger partial charge in [-0.05, 0) is 33.4 Å². The number of hydrogen-bond donors (Lipinski definition) is 0.